The first-order chi connectivity index (χ1) is 13.5. The van der Waals surface area contributed by atoms with Gasteiger partial charge in [-0.25, -0.2) is 5.43 Å². The normalized spacial score (nSPS) is 10.5. The van der Waals surface area contributed by atoms with Gasteiger partial charge in [0.05, 0.1) is 20.4 Å². The lowest BCUT2D eigenvalue weighted by molar-refractivity contribution is -0.121. The zero-order valence-corrected chi connectivity index (χ0v) is 17.3. The maximum Gasteiger partial charge on any atom is 0.240 e. The average Bonchev–Trinajstić information content (AvgIpc) is 2.69. The largest absolute Gasteiger partial charge is 0.493 e. The minimum atomic E-state index is -0.269. The van der Waals surface area contributed by atoms with Crippen LogP contribution in [0.4, 0.5) is 5.69 Å². The summed E-state index contributed by atoms with van der Waals surface area (Å²) in [5, 5.41) is 6.72. The molecule has 2 amide bonds. The van der Waals surface area contributed by atoms with Crippen molar-refractivity contribution in [2.45, 2.75) is 19.3 Å². The summed E-state index contributed by atoms with van der Waals surface area (Å²) in [6.07, 6.45) is 2.35. The molecule has 0 unspecified atom stereocenters. The minimum Gasteiger partial charge on any atom is -0.493 e. The molecule has 0 radical (unpaired) electrons. The molecule has 0 heterocycles. The third kappa shape index (κ3) is 6.70. The van der Waals surface area contributed by atoms with E-state index in [0.29, 0.717) is 23.5 Å². The van der Waals surface area contributed by atoms with Crippen LogP contribution in [0.5, 0.6) is 11.5 Å². The molecule has 0 aliphatic heterocycles. The Morgan fingerprint density at radius 3 is 2.43 bits per heavy atom. The lowest BCUT2D eigenvalue weighted by Crippen LogP contribution is -2.18. The van der Waals surface area contributed by atoms with E-state index < -0.39 is 0 Å². The van der Waals surface area contributed by atoms with Crippen molar-refractivity contribution in [3.8, 4) is 11.5 Å². The topological polar surface area (TPSA) is 89.0 Å². The standard InChI is InChI=1S/C20H22BrN3O4/c1-27-17-6-3-5-14(20(17)28-2)13-22-24-19(26)8-4-7-18(25)23-16-11-9-15(21)10-12-16/h3,5-6,9-13H,4,7-8H2,1-2H3,(H,23,25)(H,24,26)/b22-13-. The van der Waals surface area contributed by atoms with Crippen LogP contribution in [0, 0.1) is 0 Å². The molecule has 0 aliphatic rings. The Labute approximate surface area is 172 Å². The van der Waals surface area contributed by atoms with Crippen LogP contribution in [0.2, 0.25) is 0 Å². The number of nitrogens with zero attached hydrogens (tertiary/aromatic N) is 1. The second kappa shape index (κ2) is 11.1. The lowest BCUT2D eigenvalue weighted by Gasteiger charge is -2.09. The highest BCUT2D eigenvalue weighted by molar-refractivity contribution is 9.10. The Morgan fingerprint density at radius 2 is 1.75 bits per heavy atom. The van der Waals surface area contributed by atoms with Crippen LogP contribution in [0.1, 0.15) is 24.8 Å². The molecule has 2 aromatic carbocycles. The van der Waals surface area contributed by atoms with E-state index in [1.165, 1.54) is 13.3 Å². The van der Waals surface area contributed by atoms with Crippen LogP contribution >= 0.6 is 15.9 Å². The van der Waals surface area contributed by atoms with Crippen molar-refractivity contribution >= 4 is 39.6 Å². The molecule has 0 aliphatic carbocycles. The number of benzene rings is 2. The number of halogens is 1. The van der Waals surface area contributed by atoms with E-state index >= 15 is 0 Å². The minimum absolute atomic E-state index is 0.139. The molecular weight excluding hydrogens is 426 g/mol. The molecule has 0 saturated heterocycles. The van der Waals surface area contributed by atoms with E-state index in [9.17, 15) is 9.59 Å². The molecule has 148 valence electrons. The Kier molecular flexibility index (Phi) is 8.48. The fourth-order valence-corrected chi connectivity index (χ4v) is 2.67. The number of rotatable bonds is 9. The molecule has 0 saturated carbocycles. The number of amides is 2. The number of para-hydroxylation sites is 1. The van der Waals surface area contributed by atoms with Gasteiger partial charge in [-0.15, -0.1) is 0 Å². The Morgan fingerprint density at radius 1 is 1.04 bits per heavy atom. The van der Waals surface area contributed by atoms with Gasteiger partial charge in [0.15, 0.2) is 11.5 Å². The van der Waals surface area contributed by atoms with E-state index in [-0.39, 0.29) is 24.7 Å². The number of carbonyl (C=O) groups is 2. The highest BCUT2D eigenvalue weighted by atomic mass is 79.9. The third-order valence-electron chi connectivity index (χ3n) is 3.76. The molecule has 0 atom stereocenters. The molecule has 2 N–H and O–H groups in total. The zero-order chi connectivity index (χ0) is 20.4. The summed E-state index contributed by atoms with van der Waals surface area (Å²) in [6, 6.07) is 12.7. The van der Waals surface area contributed by atoms with Crippen molar-refractivity contribution in [3.63, 3.8) is 0 Å². The van der Waals surface area contributed by atoms with Crippen LogP contribution in [0.3, 0.4) is 0 Å². The Balaban J connectivity index is 1.75. The van der Waals surface area contributed by atoms with Gasteiger partial charge in [-0.05, 0) is 42.8 Å². The number of hydrogen-bond donors (Lipinski definition) is 2. The number of hydrogen-bond acceptors (Lipinski definition) is 5. The van der Waals surface area contributed by atoms with Crippen molar-refractivity contribution in [3.05, 3.63) is 52.5 Å². The summed E-state index contributed by atoms with van der Waals surface area (Å²) in [4.78, 5) is 23.8. The fraction of sp³-hybridized carbons (Fsp3) is 0.250. The van der Waals surface area contributed by atoms with Crippen LogP contribution in [-0.2, 0) is 9.59 Å². The number of ether oxygens (including phenoxy) is 2. The third-order valence-corrected chi connectivity index (χ3v) is 4.29. The first-order valence-electron chi connectivity index (χ1n) is 8.61. The second-order valence-electron chi connectivity index (χ2n) is 5.78. The van der Waals surface area contributed by atoms with Gasteiger partial charge >= 0.3 is 0 Å². The molecular formula is C20H22BrN3O4. The van der Waals surface area contributed by atoms with Gasteiger partial charge in [-0.2, -0.15) is 5.10 Å². The number of anilines is 1. The van der Waals surface area contributed by atoms with Gasteiger partial charge in [0, 0.05) is 28.6 Å². The quantitative estimate of drug-likeness (QED) is 0.452. The van der Waals surface area contributed by atoms with Crippen molar-refractivity contribution in [2.75, 3.05) is 19.5 Å². The van der Waals surface area contributed by atoms with Crippen molar-refractivity contribution in [1.29, 1.82) is 0 Å². The molecule has 0 aromatic heterocycles. The van der Waals surface area contributed by atoms with E-state index in [0.717, 1.165) is 10.2 Å². The maximum absolute atomic E-state index is 11.9. The summed E-state index contributed by atoms with van der Waals surface area (Å²) in [6.45, 7) is 0. The number of hydrazone groups is 1. The van der Waals surface area contributed by atoms with E-state index in [2.05, 4.69) is 31.8 Å². The number of methoxy groups -OCH3 is 2. The number of carbonyl (C=O) groups excluding carboxylic acids is 2. The summed E-state index contributed by atoms with van der Waals surface area (Å²) in [5.74, 6) is 0.705. The van der Waals surface area contributed by atoms with Crippen LogP contribution in [0.15, 0.2) is 52.0 Å². The molecule has 0 fully saturated rings. The molecule has 0 bridgehead atoms. The van der Waals surface area contributed by atoms with E-state index in [1.54, 1.807) is 37.4 Å². The smallest absolute Gasteiger partial charge is 0.240 e. The van der Waals surface area contributed by atoms with Crippen molar-refractivity contribution in [2.24, 2.45) is 5.10 Å². The van der Waals surface area contributed by atoms with Gasteiger partial charge in [0.2, 0.25) is 11.8 Å². The second-order valence-corrected chi connectivity index (χ2v) is 6.70. The van der Waals surface area contributed by atoms with Gasteiger partial charge in [0.25, 0.3) is 0 Å². The Hall–Kier alpha value is -2.87. The predicted octanol–water partition coefficient (Wildman–Crippen LogP) is 3.73. The van der Waals surface area contributed by atoms with E-state index in [4.69, 9.17) is 9.47 Å². The highest BCUT2D eigenvalue weighted by Gasteiger charge is 2.08. The molecule has 7 nitrogen and oxygen atoms in total. The van der Waals surface area contributed by atoms with Crippen LogP contribution < -0.4 is 20.2 Å². The van der Waals surface area contributed by atoms with Crippen molar-refractivity contribution < 1.29 is 19.1 Å². The molecule has 2 aromatic rings. The van der Waals surface area contributed by atoms with Crippen LogP contribution in [-0.4, -0.2) is 32.2 Å². The predicted molar refractivity (Wildman–Crippen MR) is 112 cm³/mol. The maximum atomic E-state index is 11.9. The van der Waals surface area contributed by atoms with Gasteiger partial charge in [0.1, 0.15) is 0 Å². The lowest BCUT2D eigenvalue weighted by atomic mass is 10.2. The first-order valence-corrected chi connectivity index (χ1v) is 9.41. The van der Waals surface area contributed by atoms with Crippen molar-refractivity contribution in [1.82, 2.24) is 5.43 Å². The SMILES string of the molecule is COc1cccc(/C=N\NC(=O)CCCC(=O)Nc2ccc(Br)cc2)c1OC. The van der Waals surface area contributed by atoms with Gasteiger partial charge in [-0.3, -0.25) is 9.59 Å². The van der Waals surface area contributed by atoms with Gasteiger partial charge in [-0.1, -0.05) is 22.0 Å². The summed E-state index contributed by atoms with van der Waals surface area (Å²) in [5.41, 5.74) is 3.84. The fourth-order valence-electron chi connectivity index (χ4n) is 2.41. The highest BCUT2D eigenvalue weighted by Crippen LogP contribution is 2.29. The number of nitrogens with one attached hydrogen (secondary N) is 2. The van der Waals surface area contributed by atoms with E-state index in [1.807, 2.05) is 12.1 Å². The van der Waals surface area contributed by atoms with Crippen LogP contribution in [0.25, 0.3) is 0 Å². The Bertz CT molecular complexity index is 838. The first kappa shape index (κ1) is 21.4. The summed E-state index contributed by atoms with van der Waals surface area (Å²) in [7, 11) is 3.08. The zero-order valence-electron chi connectivity index (χ0n) is 15.7. The monoisotopic (exact) mass is 447 g/mol. The summed E-state index contributed by atoms with van der Waals surface area (Å²) >= 11 is 3.34. The average molecular weight is 448 g/mol. The molecule has 8 heteroatoms. The molecule has 0 spiro atoms. The molecule has 28 heavy (non-hydrogen) atoms. The molecule has 2 rings (SSSR count). The van der Waals surface area contributed by atoms with Gasteiger partial charge < -0.3 is 14.8 Å². The summed E-state index contributed by atoms with van der Waals surface area (Å²) < 4.78 is 11.4.